The fourth-order valence-electron chi connectivity index (χ4n) is 2.43. The number of benzene rings is 1. The van der Waals surface area contributed by atoms with Crippen LogP contribution in [-0.4, -0.2) is 35.0 Å². The molecule has 1 aromatic carbocycles. The van der Waals surface area contributed by atoms with Gasteiger partial charge in [0.1, 0.15) is 5.76 Å². The molecular formula is C16H14F3N3O3. The van der Waals surface area contributed by atoms with E-state index in [0.717, 1.165) is 12.1 Å². The summed E-state index contributed by atoms with van der Waals surface area (Å²) in [4.78, 5) is 25.6. The van der Waals surface area contributed by atoms with Crippen molar-refractivity contribution in [2.24, 2.45) is 5.92 Å². The summed E-state index contributed by atoms with van der Waals surface area (Å²) in [5.74, 6) is -0.574. The highest BCUT2D eigenvalue weighted by Crippen LogP contribution is 2.30. The number of hydrogen-bond donors (Lipinski definition) is 1. The second kappa shape index (κ2) is 6.23. The smallest absolute Gasteiger partial charge is 0.361 e. The maximum Gasteiger partial charge on any atom is 0.416 e. The van der Waals surface area contributed by atoms with Gasteiger partial charge in [-0.05, 0) is 31.2 Å². The van der Waals surface area contributed by atoms with Gasteiger partial charge >= 0.3 is 6.18 Å². The van der Waals surface area contributed by atoms with Crippen LogP contribution >= 0.6 is 0 Å². The number of halogens is 3. The number of carbonyl (C=O) groups excluding carboxylic acids is 2. The number of rotatable bonds is 3. The third-order valence-electron chi connectivity index (χ3n) is 3.87. The summed E-state index contributed by atoms with van der Waals surface area (Å²) in [6.45, 7) is 2.11. The summed E-state index contributed by atoms with van der Waals surface area (Å²) in [7, 11) is 0. The lowest BCUT2D eigenvalue weighted by molar-refractivity contribution is -0.137. The number of aromatic nitrogens is 1. The van der Waals surface area contributed by atoms with Gasteiger partial charge in [-0.25, -0.2) is 0 Å². The van der Waals surface area contributed by atoms with Crippen LogP contribution in [0.5, 0.6) is 0 Å². The van der Waals surface area contributed by atoms with Crippen LogP contribution < -0.4 is 5.32 Å². The van der Waals surface area contributed by atoms with Crippen LogP contribution in [0.1, 0.15) is 21.8 Å². The van der Waals surface area contributed by atoms with E-state index in [0.29, 0.717) is 5.76 Å². The number of alkyl halides is 3. The molecule has 0 bridgehead atoms. The number of hydrogen-bond acceptors (Lipinski definition) is 4. The highest BCUT2D eigenvalue weighted by molar-refractivity contribution is 5.97. The van der Waals surface area contributed by atoms with Gasteiger partial charge in [-0.1, -0.05) is 5.16 Å². The molecule has 1 saturated heterocycles. The number of carbonyl (C=O) groups is 2. The van der Waals surface area contributed by atoms with Crippen molar-refractivity contribution in [1.29, 1.82) is 0 Å². The van der Waals surface area contributed by atoms with Crippen LogP contribution in [0, 0.1) is 12.8 Å². The molecule has 0 spiro atoms. The molecule has 2 aromatic rings. The standard InChI is InChI=1S/C16H14F3N3O3/c1-9-6-13(21-25-9)15(24)22-7-10(8-22)14(23)20-12-4-2-11(3-5-12)16(17,18)19/h2-6,10H,7-8H2,1H3,(H,20,23). The topological polar surface area (TPSA) is 75.4 Å². The Kier molecular flexibility index (Phi) is 4.23. The summed E-state index contributed by atoms with van der Waals surface area (Å²) in [6, 6.07) is 5.71. The maximum absolute atomic E-state index is 12.5. The van der Waals surface area contributed by atoms with Crippen molar-refractivity contribution in [2.75, 3.05) is 18.4 Å². The molecule has 2 amide bonds. The zero-order valence-corrected chi connectivity index (χ0v) is 13.1. The van der Waals surface area contributed by atoms with E-state index in [1.165, 1.54) is 23.1 Å². The lowest BCUT2D eigenvalue weighted by Crippen LogP contribution is -2.54. The molecule has 25 heavy (non-hydrogen) atoms. The Hall–Kier alpha value is -2.84. The Morgan fingerprint density at radius 1 is 1.24 bits per heavy atom. The van der Waals surface area contributed by atoms with Crippen molar-refractivity contribution >= 4 is 17.5 Å². The van der Waals surface area contributed by atoms with Gasteiger partial charge in [-0.2, -0.15) is 13.2 Å². The predicted octanol–water partition coefficient (Wildman–Crippen LogP) is 2.71. The molecule has 3 rings (SSSR count). The Labute approximate surface area is 140 Å². The molecule has 1 aliphatic rings. The van der Waals surface area contributed by atoms with Crippen LogP contribution in [0.3, 0.4) is 0 Å². The normalized spacial score (nSPS) is 15.0. The second-order valence-corrected chi connectivity index (χ2v) is 5.79. The van der Waals surface area contributed by atoms with Crippen LogP contribution in [-0.2, 0) is 11.0 Å². The maximum atomic E-state index is 12.5. The molecule has 1 aromatic heterocycles. The molecule has 1 N–H and O–H groups in total. The highest BCUT2D eigenvalue weighted by atomic mass is 19.4. The van der Waals surface area contributed by atoms with E-state index in [9.17, 15) is 22.8 Å². The van der Waals surface area contributed by atoms with E-state index in [1.807, 2.05) is 0 Å². The van der Waals surface area contributed by atoms with Crippen molar-refractivity contribution in [1.82, 2.24) is 10.1 Å². The minimum absolute atomic E-state index is 0.180. The molecule has 132 valence electrons. The number of aryl methyl sites for hydroxylation is 1. The lowest BCUT2D eigenvalue weighted by atomic mass is 9.98. The summed E-state index contributed by atoms with van der Waals surface area (Å²) >= 11 is 0. The average molecular weight is 353 g/mol. The van der Waals surface area contributed by atoms with Gasteiger partial charge in [-0.3, -0.25) is 9.59 Å². The first-order valence-electron chi connectivity index (χ1n) is 7.45. The molecule has 0 aliphatic carbocycles. The monoisotopic (exact) mass is 353 g/mol. The molecule has 0 saturated carbocycles. The lowest BCUT2D eigenvalue weighted by Gasteiger charge is -2.37. The van der Waals surface area contributed by atoms with E-state index < -0.39 is 17.7 Å². The van der Waals surface area contributed by atoms with Crippen molar-refractivity contribution in [2.45, 2.75) is 13.1 Å². The molecular weight excluding hydrogens is 339 g/mol. The van der Waals surface area contributed by atoms with Crippen LogP contribution in [0.25, 0.3) is 0 Å². The zero-order chi connectivity index (χ0) is 18.2. The number of anilines is 1. The average Bonchev–Trinajstić information content (AvgIpc) is 2.92. The number of likely N-dealkylation sites (tertiary alicyclic amines) is 1. The first-order chi connectivity index (χ1) is 11.7. The number of nitrogens with zero attached hydrogens (tertiary/aromatic N) is 2. The Balaban J connectivity index is 1.53. The minimum Gasteiger partial charge on any atom is -0.361 e. The summed E-state index contributed by atoms with van der Waals surface area (Å²) in [5.41, 5.74) is -0.331. The molecule has 1 fully saturated rings. The fraction of sp³-hybridized carbons (Fsp3) is 0.312. The number of amides is 2. The first-order valence-corrected chi connectivity index (χ1v) is 7.45. The van der Waals surface area contributed by atoms with Crippen molar-refractivity contribution < 1.29 is 27.3 Å². The third kappa shape index (κ3) is 3.65. The second-order valence-electron chi connectivity index (χ2n) is 5.79. The molecule has 6 nitrogen and oxygen atoms in total. The van der Waals surface area contributed by atoms with Gasteiger partial charge in [0.05, 0.1) is 11.5 Å². The van der Waals surface area contributed by atoms with Gasteiger partial charge in [0.15, 0.2) is 5.69 Å². The highest BCUT2D eigenvalue weighted by Gasteiger charge is 2.37. The largest absolute Gasteiger partial charge is 0.416 e. The van der Waals surface area contributed by atoms with Crippen molar-refractivity contribution in [3.63, 3.8) is 0 Å². The van der Waals surface area contributed by atoms with E-state index in [4.69, 9.17) is 4.52 Å². The molecule has 9 heteroatoms. The molecule has 1 aliphatic heterocycles. The predicted molar refractivity (Wildman–Crippen MR) is 80.7 cm³/mol. The Bertz CT molecular complexity index is 793. The van der Waals surface area contributed by atoms with E-state index in [-0.39, 0.29) is 36.3 Å². The van der Waals surface area contributed by atoms with Crippen molar-refractivity contribution in [3.8, 4) is 0 Å². The Morgan fingerprint density at radius 3 is 2.40 bits per heavy atom. The summed E-state index contributed by atoms with van der Waals surface area (Å²) < 4.78 is 42.3. The van der Waals surface area contributed by atoms with Crippen molar-refractivity contribution in [3.05, 3.63) is 47.3 Å². The number of nitrogens with one attached hydrogen (secondary N) is 1. The fourth-order valence-corrected chi connectivity index (χ4v) is 2.43. The van der Waals surface area contributed by atoms with E-state index in [1.54, 1.807) is 6.92 Å². The first kappa shape index (κ1) is 17.0. The van der Waals surface area contributed by atoms with Gasteiger partial charge in [0.25, 0.3) is 5.91 Å². The molecule has 0 radical (unpaired) electrons. The minimum atomic E-state index is -4.42. The van der Waals surface area contributed by atoms with E-state index in [2.05, 4.69) is 10.5 Å². The molecule has 2 heterocycles. The van der Waals surface area contributed by atoms with Crippen LogP contribution in [0.4, 0.5) is 18.9 Å². The SMILES string of the molecule is Cc1cc(C(=O)N2CC(C(=O)Nc3ccc(C(F)(F)F)cc3)C2)no1. The van der Waals surface area contributed by atoms with Gasteiger partial charge < -0.3 is 14.7 Å². The summed E-state index contributed by atoms with van der Waals surface area (Å²) in [5, 5.41) is 6.17. The molecule has 0 unspecified atom stereocenters. The van der Waals surface area contributed by atoms with Gasteiger partial charge in [0, 0.05) is 24.8 Å². The van der Waals surface area contributed by atoms with Gasteiger partial charge in [0.2, 0.25) is 5.91 Å². The van der Waals surface area contributed by atoms with E-state index >= 15 is 0 Å². The van der Waals surface area contributed by atoms with Crippen LogP contribution in [0.15, 0.2) is 34.9 Å². The zero-order valence-electron chi connectivity index (χ0n) is 13.1. The molecule has 0 atom stereocenters. The quantitative estimate of drug-likeness (QED) is 0.921. The van der Waals surface area contributed by atoms with Gasteiger partial charge in [-0.15, -0.1) is 0 Å². The van der Waals surface area contributed by atoms with Crippen LogP contribution in [0.2, 0.25) is 0 Å². The third-order valence-corrected chi connectivity index (χ3v) is 3.87. The Morgan fingerprint density at radius 2 is 1.88 bits per heavy atom. The summed E-state index contributed by atoms with van der Waals surface area (Å²) in [6.07, 6.45) is -4.42.